The number of nitriles is 1. The molecule has 3 heterocycles. The van der Waals surface area contributed by atoms with Gasteiger partial charge < -0.3 is 29.8 Å². The molecule has 0 aliphatic carbocycles. The van der Waals surface area contributed by atoms with Gasteiger partial charge in [-0.05, 0) is 32.9 Å². The quantitative estimate of drug-likeness (QED) is 0.457. The average molecular weight is 461 g/mol. The van der Waals surface area contributed by atoms with Crippen molar-refractivity contribution in [2.24, 2.45) is 5.41 Å². The molecule has 1 aliphatic rings. The van der Waals surface area contributed by atoms with E-state index in [1.165, 1.54) is 17.8 Å². The van der Waals surface area contributed by atoms with Gasteiger partial charge in [0.15, 0.2) is 18.2 Å². The molecule has 178 valence electrons. The standard InChI is InChI=1S/C21H27N5O7/c1-12(27)30-8-15-17(31-11-32-19(29)20(2,3)4)14(28)7-21(9-22,33-15)16-6-5-13-18(23)24-10-25-26(13)16/h5-6,10,14-15,17,28H,7-8,11H2,1-4H3,(H2,23,24,25)/t14-,15+,17-,21-/m0/s1. The topological polar surface area (TPSA) is 171 Å². The van der Waals surface area contributed by atoms with E-state index in [0.29, 0.717) is 11.2 Å². The Bertz CT molecular complexity index is 1070. The number of anilines is 1. The summed E-state index contributed by atoms with van der Waals surface area (Å²) in [6, 6.07) is 5.35. The summed E-state index contributed by atoms with van der Waals surface area (Å²) in [6.07, 6.45) is -2.26. The van der Waals surface area contributed by atoms with Gasteiger partial charge in [-0.2, -0.15) is 10.4 Å². The number of rotatable bonds is 6. The van der Waals surface area contributed by atoms with E-state index in [1.807, 2.05) is 0 Å². The predicted molar refractivity (Wildman–Crippen MR) is 112 cm³/mol. The number of nitrogens with zero attached hydrogens (tertiary/aromatic N) is 4. The van der Waals surface area contributed by atoms with Crippen molar-refractivity contribution < 1.29 is 33.6 Å². The lowest BCUT2D eigenvalue weighted by Crippen LogP contribution is -2.56. The highest BCUT2D eigenvalue weighted by atomic mass is 16.7. The largest absolute Gasteiger partial charge is 0.463 e. The predicted octanol–water partition coefficient (Wildman–Crippen LogP) is 0.675. The third-order valence-corrected chi connectivity index (χ3v) is 5.18. The van der Waals surface area contributed by atoms with E-state index in [9.17, 15) is 20.0 Å². The Labute approximate surface area is 190 Å². The molecule has 0 radical (unpaired) electrons. The summed E-state index contributed by atoms with van der Waals surface area (Å²) in [5, 5.41) is 25.2. The maximum atomic E-state index is 12.0. The highest BCUT2D eigenvalue weighted by Gasteiger charge is 2.51. The summed E-state index contributed by atoms with van der Waals surface area (Å²) in [4.78, 5) is 27.3. The number of aliphatic hydroxyl groups is 1. The molecule has 1 aliphatic heterocycles. The van der Waals surface area contributed by atoms with Crippen molar-refractivity contribution in [3.63, 3.8) is 0 Å². The number of ether oxygens (including phenoxy) is 4. The second kappa shape index (κ2) is 9.30. The molecule has 4 atom stereocenters. The lowest BCUT2D eigenvalue weighted by molar-refractivity contribution is -0.245. The van der Waals surface area contributed by atoms with Crippen LogP contribution in [0.15, 0.2) is 18.5 Å². The number of aromatic nitrogens is 3. The van der Waals surface area contributed by atoms with Gasteiger partial charge in [0.1, 0.15) is 36.7 Å². The first-order valence-electron chi connectivity index (χ1n) is 10.3. The van der Waals surface area contributed by atoms with Crippen molar-refractivity contribution in [2.45, 2.75) is 58.0 Å². The molecule has 2 aromatic heterocycles. The monoisotopic (exact) mass is 461 g/mol. The van der Waals surface area contributed by atoms with Crippen LogP contribution in [0.3, 0.4) is 0 Å². The van der Waals surface area contributed by atoms with Crippen molar-refractivity contribution in [2.75, 3.05) is 19.1 Å². The molecule has 1 fully saturated rings. The molecule has 0 bridgehead atoms. The molecule has 0 amide bonds. The van der Waals surface area contributed by atoms with E-state index >= 15 is 0 Å². The average Bonchev–Trinajstić information content (AvgIpc) is 3.18. The Morgan fingerprint density at radius 3 is 2.76 bits per heavy atom. The maximum absolute atomic E-state index is 12.0. The smallest absolute Gasteiger partial charge is 0.313 e. The number of hydrogen-bond acceptors (Lipinski definition) is 11. The normalized spacial score (nSPS) is 25.4. The van der Waals surface area contributed by atoms with Crippen molar-refractivity contribution in [3.8, 4) is 6.07 Å². The summed E-state index contributed by atoms with van der Waals surface area (Å²) >= 11 is 0. The molecular weight excluding hydrogens is 434 g/mol. The number of aliphatic hydroxyl groups excluding tert-OH is 1. The molecule has 12 heteroatoms. The van der Waals surface area contributed by atoms with Crippen LogP contribution in [-0.4, -0.2) is 63.4 Å². The van der Waals surface area contributed by atoms with E-state index in [2.05, 4.69) is 16.2 Å². The second-order valence-electron chi connectivity index (χ2n) is 8.76. The number of nitrogen functional groups attached to an aromatic ring is 1. The minimum atomic E-state index is -1.65. The third kappa shape index (κ3) is 5.05. The summed E-state index contributed by atoms with van der Waals surface area (Å²) in [5.41, 5.74) is 4.28. The van der Waals surface area contributed by atoms with Crippen LogP contribution in [0.2, 0.25) is 0 Å². The SMILES string of the molecule is CC(=O)OC[C@H]1O[C@@](C#N)(c2ccc3c(N)ncnn23)C[C@H](O)[C@@H]1OCOC(=O)C(C)(C)C. The molecule has 1 saturated heterocycles. The van der Waals surface area contributed by atoms with Gasteiger partial charge in [-0.25, -0.2) is 9.50 Å². The van der Waals surface area contributed by atoms with E-state index in [1.54, 1.807) is 32.9 Å². The summed E-state index contributed by atoms with van der Waals surface area (Å²) in [7, 11) is 0. The zero-order chi connectivity index (χ0) is 24.4. The van der Waals surface area contributed by atoms with Gasteiger partial charge in [0.25, 0.3) is 0 Å². The van der Waals surface area contributed by atoms with Crippen molar-refractivity contribution in [3.05, 3.63) is 24.2 Å². The minimum Gasteiger partial charge on any atom is -0.463 e. The lowest BCUT2D eigenvalue weighted by Gasteiger charge is -2.42. The van der Waals surface area contributed by atoms with Crippen LogP contribution in [0.25, 0.3) is 5.52 Å². The van der Waals surface area contributed by atoms with Gasteiger partial charge in [-0.15, -0.1) is 0 Å². The van der Waals surface area contributed by atoms with Crippen LogP contribution >= 0.6 is 0 Å². The number of carbonyl (C=O) groups is 2. The number of esters is 2. The Hall–Kier alpha value is -3.27. The first-order chi connectivity index (χ1) is 15.5. The summed E-state index contributed by atoms with van der Waals surface area (Å²) in [5.74, 6) is -0.861. The molecule has 33 heavy (non-hydrogen) atoms. The summed E-state index contributed by atoms with van der Waals surface area (Å²) < 4.78 is 23.3. The minimum absolute atomic E-state index is 0.187. The van der Waals surface area contributed by atoms with E-state index in [-0.39, 0.29) is 18.8 Å². The van der Waals surface area contributed by atoms with Gasteiger partial charge in [-0.3, -0.25) is 9.59 Å². The van der Waals surface area contributed by atoms with Crippen LogP contribution in [-0.2, 0) is 34.1 Å². The molecule has 3 N–H and O–H groups in total. The maximum Gasteiger partial charge on any atom is 0.313 e. The lowest BCUT2D eigenvalue weighted by atomic mass is 9.86. The van der Waals surface area contributed by atoms with Crippen molar-refractivity contribution in [1.29, 1.82) is 5.26 Å². The van der Waals surface area contributed by atoms with Crippen molar-refractivity contribution in [1.82, 2.24) is 14.6 Å². The first-order valence-corrected chi connectivity index (χ1v) is 10.3. The van der Waals surface area contributed by atoms with Gasteiger partial charge in [0.2, 0.25) is 0 Å². The van der Waals surface area contributed by atoms with E-state index in [0.717, 1.165) is 0 Å². The van der Waals surface area contributed by atoms with Crippen LogP contribution < -0.4 is 5.73 Å². The van der Waals surface area contributed by atoms with Gasteiger partial charge in [0, 0.05) is 13.3 Å². The molecule has 0 spiro atoms. The fourth-order valence-electron chi connectivity index (χ4n) is 3.51. The van der Waals surface area contributed by atoms with Crippen LogP contribution in [0.4, 0.5) is 5.82 Å². The fraction of sp³-hybridized carbons (Fsp3) is 0.571. The van der Waals surface area contributed by atoms with Crippen LogP contribution in [0.1, 0.15) is 39.8 Å². The number of fused-ring (bicyclic) bond motifs is 1. The molecule has 12 nitrogen and oxygen atoms in total. The molecule has 2 aromatic rings. The Balaban J connectivity index is 1.88. The van der Waals surface area contributed by atoms with Crippen LogP contribution in [0, 0.1) is 16.7 Å². The second-order valence-corrected chi connectivity index (χ2v) is 8.76. The Morgan fingerprint density at radius 2 is 2.12 bits per heavy atom. The molecule has 0 saturated carbocycles. The highest BCUT2D eigenvalue weighted by molar-refractivity contribution is 5.75. The van der Waals surface area contributed by atoms with Gasteiger partial charge in [-0.1, -0.05) is 0 Å². The van der Waals surface area contributed by atoms with E-state index < -0.39 is 48.1 Å². The first kappa shape index (κ1) is 24.4. The van der Waals surface area contributed by atoms with Crippen LogP contribution in [0.5, 0.6) is 0 Å². The molecular formula is C21H27N5O7. The van der Waals surface area contributed by atoms with E-state index in [4.69, 9.17) is 24.7 Å². The fourth-order valence-corrected chi connectivity index (χ4v) is 3.51. The molecule has 3 rings (SSSR count). The summed E-state index contributed by atoms with van der Waals surface area (Å²) in [6.45, 7) is 5.55. The Kier molecular flexibility index (Phi) is 6.87. The van der Waals surface area contributed by atoms with Crippen molar-refractivity contribution >= 4 is 23.3 Å². The zero-order valence-electron chi connectivity index (χ0n) is 18.8. The third-order valence-electron chi connectivity index (χ3n) is 5.18. The van der Waals surface area contributed by atoms with Gasteiger partial charge >= 0.3 is 11.9 Å². The number of carbonyl (C=O) groups excluding carboxylic acids is 2. The van der Waals surface area contributed by atoms with Gasteiger partial charge in [0.05, 0.1) is 17.2 Å². The zero-order valence-corrected chi connectivity index (χ0v) is 18.8. The number of nitrogens with two attached hydrogens (primary N) is 1. The molecule has 0 aromatic carbocycles. The molecule has 0 unspecified atom stereocenters. The number of hydrogen-bond donors (Lipinski definition) is 2. The Morgan fingerprint density at radius 1 is 1.39 bits per heavy atom. The highest BCUT2D eigenvalue weighted by Crippen LogP contribution is 2.39.